The number of ether oxygens (including phenoxy) is 1. The van der Waals surface area contributed by atoms with E-state index in [-0.39, 0.29) is 10.9 Å². The number of halogens is 1. The lowest BCUT2D eigenvalue weighted by molar-refractivity contribution is -0.152. The molecule has 2 rings (SSSR count). The quantitative estimate of drug-likeness (QED) is 0.536. The number of hydrogen-bond donors (Lipinski definition) is 3. The molecule has 1 fully saturated rings. The lowest BCUT2D eigenvalue weighted by Gasteiger charge is -2.20. The molecule has 1 aromatic carbocycles. The minimum atomic E-state index is -4.19. The molecule has 0 unspecified atom stereocenters. The van der Waals surface area contributed by atoms with Crippen LogP contribution in [0.25, 0.3) is 0 Å². The van der Waals surface area contributed by atoms with Crippen LogP contribution < -0.4 is 10.0 Å². The van der Waals surface area contributed by atoms with Crippen LogP contribution in [-0.2, 0) is 24.3 Å². The van der Waals surface area contributed by atoms with Crippen molar-refractivity contribution in [2.45, 2.75) is 42.8 Å². The van der Waals surface area contributed by atoms with Crippen molar-refractivity contribution in [1.29, 1.82) is 0 Å². The fourth-order valence-electron chi connectivity index (χ4n) is 1.92. The average Bonchev–Trinajstić information content (AvgIpc) is 3.34. The zero-order valence-corrected chi connectivity index (χ0v) is 14.3. The summed E-state index contributed by atoms with van der Waals surface area (Å²) in [6, 6.07) is 2.43. The molecule has 0 bridgehead atoms. The van der Waals surface area contributed by atoms with E-state index in [2.05, 4.69) is 5.32 Å². The van der Waals surface area contributed by atoms with Gasteiger partial charge in [-0.1, -0.05) is 0 Å². The first-order valence-corrected chi connectivity index (χ1v) is 9.09. The molecule has 1 saturated carbocycles. The lowest BCUT2D eigenvalue weighted by atomic mass is 10.2. The van der Waals surface area contributed by atoms with Crippen molar-refractivity contribution in [1.82, 2.24) is 10.0 Å². The average molecular weight is 374 g/mol. The molecule has 1 aromatic rings. The first kappa shape index (κ1) is 19.3. The molecule has 1 amide bonds. The van der Waals surface area contributed by atoms with Gasteiger partial charge >= 0.3 is 5.97 Å². The van der Waals surface area contributed by atoms with Crippen LogP contribution in [0.1, 0.15) is 19.8 Å². The van der Waals surface area contributed by atoms with Crippen molar-refractivity contribution in [2.75, 3.05) is 6.61 Å². The van der Waals surface area contributed by atoms with Crippen LogP contribution in [0.3, 0.4) is 0 Å². The molecule has 0 radical (unpaired) electrons. The molecule has 0 aromatic heterocycles. The third kappa shape index (κ3) is 5.76. The Kier molecular flexibility index (Phi) is 6.09. The number of esters is 1. The maximum atomic E-state index is 12.9. The summed E-state index contributed by atoms with van der Waals surface area (Å²) in [4.78, 5) is 23.2. The van der Waals surface area contributed by atoms with E-state index in [0.29, 0.717) is 0 Å². The van der Waals surface area contributed by atoms with Gasteiger partial charge in [0.1, 0.15) is 11.9 Å². The van der Waals surface area contributed by atoms with Gasteiger partial charge in [-0.3, -0.25) is 9.59 Å². The van der Waals surface area contributed by atoms with Gasteiger partial charge in [0.15, 0.2) is 6.61 Å². The minimum Gasteiger partial charge on any atom is -0.454 e. The maximum absolute atomic E-state index is 12.9. The molecule has 0 aliphatic heterocycles. The summed E-state index contributed by atoms with van der Waals surface area (Å²) in [5.74, 6) is -2.21. The fourth-order valence-corrected chi connectivity index (χ4v) is 3.17. The standard InChI is InChI=1S/C15H19FN2O6S/c1-9(19)14(15(21)24-8-13(20)17-11-4-5-11)18-25(22,23)12-6-2-10(16)3-7-12/h2-3,6-7,9,11,14,18-19H,4-5,8H2,1H3,(H,17,20)/t9-,14-/m1/s1. The van der Waals surface area contributed by atoms with Gasteiger partial charge in [-0.15, -0.1) is 0 Å². The molecule has 25 heavy (non-hydrogen) atoms. The van der Waals surface area contributed by atoms with Gasteiger partial charge in [-0.2, -0.15) is 4.72 Å². The molecule has 0 heterocycles. The van der Waals surface area contributed by atoms with Gasteiger partial charge in [-0.25, -0.2) is 12.8 Å². The predicted molar refractivity (Wildman–Crippen MR) is 84.3 cm³/mol. The Bertz CT molecular complexity index is 731. The molecule has 2 atom stereocenters. The SMILES string of the molecule is C[C@@H](O)[C@@H](NS(=O)(=O)c1ccc(F)cc1)C(=O)OCC(=O)NC1CC1. The Morgan fingerprint density at radius 1 is 1.32 bits per heavy atom. The summed E-state index contributed by atoms with van der Waals surface area (Å²) in [6.07, 6.45) is 0.329. The van der Waals surface area contributed by atoms with E-state index >= 15 is 0 Å². The zero-order valence-electron chi connectivity index (χ0n) is 13.4. The van der Waals surface area contributed by atoms with Crippen LogP contribution in [0.15, 0.2) is 29.2 Å². The summed E-state index contributed by atoms with van der Waals surface area (Å²) in [7, 11) is -4.19. The second-order valence-electron chi connectivity index (χ2n) is 5.74. The zero-order chi connectivity index (χ0) is 18.6. The van der Waals surface area contributed by atoms with Crippen LogP contribution in [0.5, 0.6) is 0 Å². The lowest BCUT2D eigenvalue weighted by Crippen LogP contribution is -2.49. The number of amides is 1. The molecule has 10 heteroatoms. The second kappa shape index (κ2) is 7.89. The van der Waals surface area contributed by atoms with Crippen molar-refractivity contribution in [3.05, 3.63) is 30.1 Å². The monoisotopic (exact) mass is 374 g/mol. The number of carbonyl (C=O) groups is 2. The Labute approximate surface area is 144 Å². The minimum absolute atomic E-state index is 0.0933. The number of nitrogens with one attached hydrogen (secondary N) is 2. The number of carbonyl (C=O) groups excluding carboxylic acids is 2. The normalized spacial score (nSPS) is 16.8. The van der Waals surface area contributed by atoms with E-state index in [1.54, 1.807) is 0 Å². The Morgan fingerprint density at radius 2 is 1.92 bits per heavy atom. The fraction of sp³-hybridized carbons (Fsp3) is 0.467. The number of sulfonamides is 1. The third-order valence-electron chi connectivity index (χ3n) is 3.43. The highest BCUT2D eigenvalue weighted by Crippen LogP contribution is 2.18. The summed E-state index contributed by atoms with van der Waals surface area (Å²) in [6.45, 7) is 0.625. The number of hydrogen-bond acceptors (Lipinski definition) is 6. The van der Waals surface area contributed by atoms with E-state index < -0.39 is 46.5 Å². The van der Waals surface area contributed by atoms with Crippen LogP contribution in [-0.4, -0.2) is 50.2 Å². The van der Waals surface area contributed by atoms with E-state index in [1.807, 2.05) is 4.72 Å². The van der Waals surface area contributed by atoms with Crippen molar-refractivity contribution in [2.24, 2.45) is 0 Å². The van der Waals surface area contributed by atoms with E-state index in [0.717, 1.165) is 37.1 Å². The molecule has 138 valence electrons. The highest BCUT2D eigenvalue weighted by molar-refractivity contribution is 7.89. The van der Waals surface area contributed by atoms with Crippen molar-refractivity contribution in [3.63, 3.8) is 0 Å². The van der Waals surface area contributed by atoms with Crippen LogP contribution in [0.2, 0.25) is 0 Å². The van der Waals surface area contributed by atoms with Crippen LogP contribution in [0, 0.1) is 5.82 Å². The van der Waals surface area contributed by atoms with Gasteiger partial charge in [0.05, 0.1) is 11.0 Å². The van der Waals surface area contributed by atoms with Gasteiger partial charge < -0.3 is 15.2 Å². The summed E-state index contributed by atoms with van der Waals surface area (Å²) < 4.78 is 44.1. The number of benzene rings is 1. The highest BCUT2D eigenvalue weighted by Gasteiger charge is 2.32. The van der Waals surface area contributed by atoms with E-state index in [9.17, 15) is 27.5 Å². The molecular formula is C15H19FN2O6S. The largest absolute Gasteiger partial charge is 0.454 e. The summed E-state index contributed by atoms with van der Waals surface area (Å²) >= 11 is 0. The van der Waals surface area contributed by atoms with Crippen LogP contribution >= 0.6 is 0 Å². The van der Waals surface area contributed by atoms with E-state index in [1.165, 1.54) is 6.92 Å². The summed E-state index contributed by atoms with van der Waals surface area (Å²) in [5.41, 5.74) is 0. The summed E-state index contributed by atoms with van der Waals surface area (Å²) in [5, 5.41) is 12.3. The van der Waals surface area contributed by atoms with Gasteiger partial charge in [0.25, 0.3) is 5.91 Å². The molecule has 3 N–H and O–H groups in total. The molecule has 1 aliphatic carbocycles. The van der Waals surface area contributed by atoms with Gasteiger partial charge in [-0.05, 0) is 44.0 Å². The third-order valence-corrected chi connectivity index (χ3v) is 4.89. The predicted octanol–water partition coefficient (Wildman–Crippen LogP) is -0.325. The number of rotatable bonds is 8. The van der Waals surface area contributed by atoms with Gasteiger partial charge in [0.2, 0.25) is 10.0 Å². The first-order valence-electron chi connectivity index (χ1n) is 7.61. The van der Waals surface area contributed by atoms with Gasteiger partial charge in [0, 0.05) is 6.04 Å². The Morgan fingerprint density at radius 3 is 2.44 bits per heavy atom. The molecule has 8 nitrogen and oxygen atoms in total. The molecular weight excluding hydrogens is 355 g/mol. The maximum Gasteiger partial charge on any atom is 0.327 e. The smallest absolute Gasteiger partial charge is 0.327 e. The Hall–Kier alpha value is -2.04. The molecule has 1 aliphatic rings. The number of aliphatic hydroxyl groups is 1. The van der Waals surface area contributed by atoms with Crippen molar-refractivity contribution < 1.29 is 32.2 Å². The van der Waals surface area contributed by atoms with Crippen LogP contribution in [0.4, 0.5) is 4.39 Å². The first-order chi connectivity index (χ1) is 11.7. The van der Waals surface area contributed by atoms with E-state index in [4.69, 9.17) is 4.74 Å². The second-order valence-corrected chi connectivity index (χ2v) is 7.46. The van der Waals surface area contributed by atoms with Crippen molar-refractivity contribution >= 4 is 21.9 Å². The van der Waals surface area contributed by atoms with Crippen molar-refractivity contribution in [3.8, 4) is 0 Å². The molecule has 0 saturated heterocycles. The topological polar surface area (TPSA) is 122 Å². The highest BCUT2D eigenvalue weighted by atomic mass is 32.2. The molecule has 0 spiro atoms. The number of aliphatic hydroxyl groups excluding tert-OH is 1. The Balaban J connectivity index is 1.99.